The van der Waals surface area contributed by atoms with Crippen LogP contribution in [0.5, 0.6) is 0 Å². The predicted octanol–water partition coefficient (Wildman–Crippen LogP) is 2.43. The highest BCUT2D eigenvalue weighted by atomic mass is 32.2. The Morgan fingerprint density at radius 1 is 1.14 bits per heavy atom. The standard InChI is InChI=1S/C18H22N6O2S2/c1-3-12-19-17-15(10-7-5-6-8-11(10)28-17)16-22-23-18(24(12)16)27-9-14(26)21-20-13(25)4-2/h3-9H2,1-2H3,(H,20,25)(H,21,26). The largest absolute Gasteiger partial charge is 0.273 e. The number of carbonyl (C=O) groups is 2. The van der Waals surface area contributed by atoms with Crippen LogP contribution in [0.15, 0.2) is 5.16 Å². The fourth-order valence-corrected chi connectivity index (χ4v) is 5.44. The van der Waals surface area contributed by atoms with Gasteiger partial charge in [-0.1, -0.05) is 25.6 Å². The van der Waals surface area contributed by atoms with E-state index in [1.54, 1.807) is 18.3 Å². The van der Waals surface area contributed by atoms with Gasteiger partial charge in [-0.2, -0.15) is 0 Å². The molecule has 0 radical (unpaired) electrons. The zero-order valence-electron chi connectivity index (χ0n) is 15.9. The summed E-state index contributed by atoms with van der Waals surface area (Å²) in [7, 11) is 0. The number of amides is 2. The number of nitrogens with zero attached hydrogens (tertiary/aromatic N) is 4. The van der Waals surface area contributed by atoms with Crippen molar-refractivity contribution in [2.24, 2.45) is 0 Å². The van der Waals surface area contributed by atoms with Crippen LogP contribution in [0, 0.1) is 0 Å². The van der Waals surface area contributed by atoms with Crippen molar-refractivity contribution in [3.63, 3.8) is 0 Å². The van der Waals surface area contributed by atoms with Crippen LogP contribution in [-0.4, -0.2) is 37.1 Å². The van der Waals surface area contributed by atoms with Crippen molar-refractivity contribution in [1.82, 2.24) is 30.4 Å². The van der Waals surface area contributed by atoms with Crippen LogP contribution in [0.1, 0.15) is 49.4 Å². The lowest BCUT2D eigenvalue weighted by Crippen LogP contribution is -2.42. The SMILES string of the molecule is CCC(=O)NNC(=O)CSc1nnc2c3c4c(sc3nc(CC)n12)CCCC4. The summed E-state index contributed by atoms with van der Waals surface area (Å²) in [6.07, 6.45) is 5.67. The molecule has 10 heteroatoms. The minimum absolute atomic E-state index is 0.133. The molecule has 1 aliphatic rings. The Hall–Kier alpha value is -2.20. The van der Waals surface area contributed by atoms with Gasteiger partial charge in [0.2, 0.25) is 11.8 Å². The Bertz CT molecular complexity index is 1060. The molecule has 0 bridgehead atoms. The highest BCUT2D eigenvalue weighted by Gasteiger charge is 2.23. The molecule has 0 spiro atoms. The number of carbonyl (C=O) groups excluding carboxylic acids is 2. The second kappa shape index (κ2) is 8.04. The van der Waals surface area contributed by atoms with Crippen molar-refractivity contribution in [1.29, 1.82) is 0 Å². The molecule has 3 aromatic rings. The van der Waals surface area contributed by atoms with Gasteiger partial charge in [0.05, 0.1) is 11.1 Å². The second-order valence-electron chi connectivity index (χ2n) is 6.65. The first-order valence-electron chi connectivity index (χ1n) is 9.51. The molecule has 2 N–H and O–H groups in total. The monoisotopic (exact) mass is 418 g/mol. The normalized spacial score (nSPS) is 13.6. The van der Waals surface area contributed by atoms with E-state index >= 15 is 0 Å². The number of thiophene rings is 1. The van der Waals surface area contributed by atoms with E-state index in [0.29, 0.717) is 11.6 Å². The Morgan fingerprint density at radius 2 is 1.93 bits per heavy atom. The van der Waals surface area contributed by atoms with Gasteiger partial charge in [0.1, 0.15) is 10.7 Å². The lowest BCUT2D eigenvalue weighted by molar-refractivity contribution is -0.127. The molecule has 1 aliphatic carbocycles. The van der Waals surface area contributed by atoms with Crippen molar-refractivity contribution >= 4 is 50.8 Å². The molecule has 0 aliphatic heterocycles. The van der Waals surface area contributed by atoms with E-state index in [1.165, 1.54) is 35.0 Å². The number of aryl methyl sites for hydroxylation is 3. The maximum Gasteiger partial charge on any atom is 0.248 e. The molecule has 3 heterocycles. The Labute approximate surface area is 170 Å². The van der Waals surface area contributed by atoms with Gasteiger partial charge in [-0.3, -0.25) is 24.8 Å². The highest BCUT2D eigenvalue weighted by molar-refractivity contribution is 7.99. The Kier molecular flexibility index (Phi) is 5.49. The summed E-state index contributed by atoms with van der Waals surface area (Å²) in [4.78, 5) is 30.6. The van der Waals surface area contributed by atoms with Crippen LogP contribution in [0.2, 0.25) is 0 Å². The third-order valence-corrected chi connectivity index (χ3v) is 6.92. The molecule has 8 nitrogen and oxygen atoms in total. The van der Waals surface area contributed by atoms with Gasteiger partial charge in [0.15, 0.2) is 10.8 Å². The third-order valence-electron chi connectivity index (χ3n) is 4.81. The predicted molar refractivity (Wildman–Crippen MR) is 109 cm³/mol. The summed E-state index contributed by atoms with van der Waals surface area (Å²) in [5, 5.41) is 10.6. The first-order chi connectivity index (χ1) is 13.6. The van der Waals surface area contributed by atoms with Gasteiger partial charge >= 0.3 is 0 Å². The topological polar surface area (TPSA) is 101 Å². The fraction of sp³-hybridized carbons (Fsp3) is 0.500. The molecule has 0 fully saturated rings. The van der Waals surface area contributed by atoms with Gasteiger partial charge in [0, 0.05) is 17.7 Å². The van der Waals surface area contributed by atoms with Gasteiger partial charge in [-0.05, 0) is 31.2 Å². The van der Waals surface area contributed by atoms with Gasteiger partial charge < -0.3 is 0 Å². The summed E-state index contributed by atoms with van der Waals surface area (Å²) < 4.78 is 1.98. The lowest BCUT2D eigenvalue weighted by Gasteiger charge is -2.11. The number of hydrazine groups is 1. The van der Waals surface area contributed by atoms with Crippen LogP contribution < -0.4 is 10.9 Å². The smallest absolute Gasteiger partial charge is 0.248 e. The van der Waals surface area contributed by atoms with E-state index < -0.39 is 0 Å². The molecule has 3 aromatic heterocycles. The first kappa shape index (κ1) is 19.1. The average molecular weight is 419 g/mol. The molecule has 0 atom stereocenters. The van der Waals surface area contributed by atoms with E-state index in [0.717, 1.165) is 41.0 Å². The van der Waals surface area contributed by atoms with Crippen LogP contribution in [-0.2, 0) is 28.9 Å². The summed E-state index contributed by atoms with van der Waals surface area (Å²) in [6, 6.07) is 0. The van der Waals surface area contributed by atoms with E-state index in [2.05, 4.69) is 28.0 Å². The molecule has 0 saturated heterocycles. The van der Waals surface area contributed by atoms with E-state index in [4.69, 9.17) is 4.98 Å². The van der Waals surface area contributed by atoms with Crippen LogP contribution in [0.4, 0.5) is 0 Å². The van der Waals surface area contributed by atoms with Crippen molar-refractivity contribution in [3.05, 3.63) is 16.3 Å². The summed E-state index contributed by atoms with van der Waals surface area (Å²) in [6.45, 7) is 3.78. The minimum Gasteiger partial charge on any atom is -0.273 e. The quantitative estimate of drug-likeness (QED) is 0.487. The molecule has 148 valence electrons. The van der Waals surface area contributed by atoms with Crippen LogP contribution in [0.3, 0.4) is 0 Å². The van der Waals surface area contributed by atoms with Crippen molar-refractivity contribution < 1.29 is 9.59 Å². The third kappa shape index (κ3) is 3.46. The minimum atomic E-state index is -0.288. The van der Waals surface area contributed by atoms with E-state index in [9.17, 15) is 9.59 Å². The lowest BCUT2D eigenvalue weighted by atomic mass is 9.97. The number of hydrogen-bond acceptors (Lipinski definition) is 7. The van der Waals surface area contributed by atoms with Crippen LogP contribution >= 0.6 is 23.1 Å². The zero-order valence-corrected chi connectivity index (χ0v) is 17.5. The van der Waals surface area contributed by atoms with E-state index in [1.807, 2.05) is 4.40 Å². The highest BCUT2D eigenvalue weighted by Crippen LogP contribution is 2.38. The van der Waals surface area contributed by atoms with Gasteiger partial charge in [-0.15, -0.1) is 21.5 Å². The van der Waals surface area contributed by atoms with Crippen molar-refractivity contribution in [2.45, 2.75) is 57.5 Å². The van der Waals surface area contributed by atoms with Crippen molar-refractivity contribution in [2.75, 3.05) is 5.75 Å². The van der Waals surface area contributed by atoms with Crippen LogP contribution in [0.25, 0.3) is 15.9 Å². The molecule has 0 aromatic carbocycles. The fourth-order valence-electron chi connectivity index (χ4n) is 3.42. The molecule has 2 amide bonds. The maximum atomic E-state index is 12.0. The first-order valence-corrected chi connectivity index (χ1v) is 11.3. The zero-order chi connectivity index (χ0) is 19.7. The summed E-state index contributed by atoms with van der Waals surface area (Å²) >= 11 is 3.07. The number of rotatable bonds is 5. The van der Waals surface area contributed by atoms with Crippen molar-refractivity contribution in [3.8, 4) is 0 Å². The molecule has 0 saturated carbocycles. The number of thioether (sulfide) groups is 1. The van der Waals surface area contributed by atoms with Gasteiger partial charge in [-0.25, -0.2) is 4.98 Å². The molecule has 28 heavy (non-hydrogen) atoms. The number of aromatic nitrogens is 4. The molecule has 0 unspecified atom stereocenters. The second-order valence-corrected chi connectivity index (χ2v) is 8.68. The Morgan fingerprint density at radius 3 is 2.71 bits per heavy atom. The number of nitrogens with one attached hydrogen (secondary N) is 2. The number of hydrogen-bond donors (Lipinski definition) is 2. The van der Waals surface area contributed by atoms with E-state index in [-0.39, 0.29) is 17.6 Å². The summed E-state index contributed by atoms with van der Waals surface area (Å²) in [5.74, 6) is 0.512. The molecular formula is C18H22N6O2S2. The Balaban J connectivity index is 1.65. The molecule has 4 rings (SSSR count). The maximum absolute atomic E-state index is 12.0. The molecular weight excluding hydrogens is 396 g/mol. The average Bonchev–Trinajstić information content (AvgIpc) is 3.30. The number of fused-ring (bicyclic) bond motifs is 5. The van der Waals surface area contributed by atoms with Gasteiger partial charge in [0.25, 0.3) is 0 Å². The summed E-state index contributed by atoms with van der Waals surface area (Å²) in [5.41, 5.74) is 6.99.